The molecule has 0 nitrogen and oxygen atoms in total. The molecule has 0 bridgehead atoms. The molecule has 0 spiro atoms. The zero-order valence-electron chi connectivity index (χ0n) is 7.61. The summed E-state index contributed by atoms with van der Waals surface area (Å²) < 4.78 is 0. The van der Waals surface area contributed by atoms with Gasteiger partial charge in [0, 0.05) is 0 Å². The van der Waals surface area contributed by atoms with E-state index in [2.05, 4.69) is 26.8 Å². The Labute approximate surface area is 65.3 Å². The maximum Gasteiger partial charge on any atom is -0.0321 e. The Morgan fingerprint density at radius 3 is 2.30 bits per heavy atom. The van der Waals surface area contributed by atoms with E-state index in [-0.39, 0.29) is 0 Å². The maximum absolute atomic E-state index is 2.37. The lowest BCUT2D eigenvalue weighted by Crippen LogP contribution is -1.80. The zero-order valence-corrected chi connectivity index (χ0v) is 7.61. The number of unbranched alkanes of at least 4 members (excludes halogenated alkanes) is 1. The van der Waals surface area contributed by atoms with Crippen molar-refractivity contribution in [3.8, 4) is 0 Å². The SMILES string of the molecule is CC/C=C(\CC)CCCC. The van der Waals surface area contributed by atoms with E-state index in [1.165, 1.54) is 32.1 Å². The lowest BCUT2D eigenvalue weighted by molar-refractivity contribution is 0.762. The van der Waals surface area contributed by atoms with Crippen LogP contribution in [0.2, 0.25) is 0 Å². The van der Waals surface area contributed by atoms with Gasteiger partial charge in [-0.15, -0.1) is 0 Å². The van der Waals surface area contributed by atoms with Gasteiger partial charge in [0.25, 0.3) is 0 Å². The van der Waals surface area contributed by atoms with Crippen molar-refractivity contribution < 1.29 is 0 Å². The van der Waals surface area contributed by atoms with Gasteiger partial charge in [-0.05, 0) is 25.7 Å². The minimum Gasteiger partial charge on any atom is -0.0856 e. The molecule has 0 aromatic carbocycles. The van der Waals surface area contributed by atoms with Crippen molar-refractivity contribution in [1.29, 1.82) is 0 Å². The first-order valence-electron chi connectivity index (χ1n) is 4.53. The highest BCUT2D eigenvalue weighted by Gasteiger charge is 1.90. The Morgan fingerprint density at radius 1 is 1.20 bits per heavy atom. The van der Waals surface area contributed by atoms with Gasteiger partial charge in [-0.2, -0.15) is 0 Å². The standard InChI is InChI=1S/C10H20/c1-4-7-9-10(6-3)8-5-2/h8H,4-7,9H2,1-3H3/b10-8+. The number of hydrogen-bond acceptors (Lipinski definition) is 0. The van der Waals surface area contributed by atoms with Crippen molar-refractivity contribution in [2.45, 2.75) is 52.9 Å². The Hall–Kier alpha value is -0.260. The first-order chi connectivity index (χ1) is 4.85. The van der Waals surface area contributed by atoms with Crippen LogP contribution >= 0.6 is 0 Å². The summed E-state index contributed by atoms with van der Waals surface area (Å²) in [6.07, 6.45) is 8.82. The Bertz CT molecular complexity index is 90.2. The molecule has 0 aliphatic carbocycles. The topological polar surface area (TPSA) is 0 Å². The summed E-state index contributed by atoms with van der Waals surface area (Å²) in [5.74, 6) is 0. The second-order valence-electron chi connectivity index (χ2n) is 2.73. The molecule has 0 radical (unpaired) electrons. The van der Waals surface area contributed by atoms with Crippen LogP contribution in [0.25, 0.3) is 0 Å². The Morgan fingerprint density at radius 2 is 1.90 bits per heavy atom. The first-order valence-corrected chi connectivity index (χ1v) is 4.53. The summed E-state index contributed by atoms with van der Waals surface area (Å²) in [7, 11) is 0. The smallest absolute Gasteiger partial charge is 0.0321 e. The lowest BCUT2D eigenvalue weighted by atomic mass is 10.1. The maximum atomic E-state index is 2.37. The summed E-state index contributed by atoms with van der Waals surface area (Å²) in [6, 6.07) is 0. The molecule has 0 unspecified atom stereocenters. The monoisotopic (exact) mass is 140 g/mol. The van der Waals surface area contributed by atoms with Gasteiger partial charge in [-0.1, -0.05) is 38.8 Å². The molecule has 0 heterocycles. The molecule has 60 valence electrons. The van der Waals surface area contributed by atoms with Gasteiger partial charge in [-0.3, -0.25) is 0 Å². The molecule has 0 N–H and O–H groups in total. The summed E-state index contributed by atoms with van der Waals surface area (Å²) in [6.45, 7) is 6.71. The molecule has 0 saturated heterocycles. The fraction of sp³-hybridized carbons (Fsp3) is 0.800. The number of rotatable bonds is 5. The quantitative estimate of drug-likeness (QED) is 0.508. The van der Waals surface area contributed by atoms with Gasteiger partial charge >= 0.3 is 0 Å². The van der Waals surface area contributed by atoms with E-state index in [9.17, 15) is 0 Å². The van der Waals surface area contributed by atoms with E-state index in [1.807, 2.05) is 0 Å². The third-order valence-electron chi connectivity index (χ3n) is 1.80. The van der Waals surface area contributed by atoms with Gasteiger partial charge in [0.1, 0.15) is 0 Å². The molecule has 10 heavy (non-hydrogen) atoms. The summed E-state index contributed by atoms with van der Waals surface area (Å²) >= 11 is 0. The third kappa shape index (κ3) is 4.60. The average molecular weight is 140 g/mol. The van der Waals surface area contributed by atoms with Crippen molar-refractivity contribution in [3.05, 3.63) is 11.6 Å². The highest BCUT2D eigenvalue weighted by Crippen LogP contribution is 2.11. The van der Waals surface area contributed by atoms with Crippen LogP contribution in [-0.4, -0.2) is 0 Å². The van der Waals surface area contributed by atoms with Crippen LogP contribution in [0.15, 0.2) is 11.6 Å². The van der Waals surface area contributed by atoms with E-state index in [4.69, 9.17) is 0 Å². The van der Waals surface area contributed by atoms with E-state index in [1.54, 1.807) is 5.57 Å². The highest BCUT2D eigenvalue weighted by molar-refractivity contribution is 5.00. The molecule has 0 aromatic rings. The molecular weight excluding hydrogens is 120 g/mol. The molecule has 0 aromatic heterocycles. The van der Waals surface area contributed by atoms with Gasteiger partial charge < -0.3 is 0 Å². The predicted octanol–water partition coefficient (Wildman–Crippen LogP) is 3.92. The van der Waals surface area contributed by atoms with Crippen LogP contribution in [0.1, 0.15) is 52.9 Å². The van der Waals surface area contributed by atoms with Crippen molar-refractivity contribution in [3.63, 3.8) is 0 Å². The van der Waals surface area contributed by atoms with Gasteiger partial charge in [0.2, 0.25) is 0 Å². The molecule has 0 aliphatic heterocycles. The van der Waals surface area contributed by atoms with Crippen LogP contribution in [0, 0.1) is 0 Å². The molecule has 0 amide bonds. The molecule has 0 heteroatoms. The van der Waals surface area contributed by atoms with Gasteiger partial charge in [-0.25, -0.2) is 0 Å². The van der Waals surface area contributed by atoms with Crippen molar-refractivity contribution in [2.75, 3.05) is 0 Å². The van der Waals surface area contributed by atoms with Crippen LogP contribution in [0.3, 0.4) is 0 Å². The van der Waals surface area contributed by atoms with E-state index in [0.717, 1.165) is 0 Å². The largest absolute Gasteiger partial charge is 0.0856 e. The molecular formula is C10H20. The molecule has 0 aliphatic rings. The van der Waals surface area contributed by atoms with E-state index < -0.39 is 0 Å². The van der Waals surface area contributed by atoms with Crippen LogP contribution < -0.4 is 0 Å². The Kier molecular flexibility index (Phi) is 6.68. The zero-order chi connectivity index (χ0) is 7.82. The summed E-state index contributed by atoms with van der Waals surface area (Å²) in [5.41, 5.74) is 1.64. The van der Waals surface area contributed by atoms with Crippen LogP contribution in [-0.2, 0) is 0 Å². The number of hydrogen-bond donors (Lipinski definition) is 0. The summed E-state index contributed by atoms with van der Waals surface area (Å²) in [4.78, 5) is 0. The fourth-order valence-corrected chi connectivity index (χ4v) is 1.12. The van der Waals surface area contributed by atoms with Gasteiger partial charge in [0.15, 0.2) is 0 Å². The van der Waals surface area contributed by atoms with Crippen molar-refractivity contribution in [2.24, 2.45) is 0 Å². The Balaban J connectivity index is 3.49. The molecule has 0 saturated carbocycles. The van der Waals surface area contributed by atoms with Crippen molar-refractivity contribution in [1.82, 2.24) is 0 Å². The van der Waals surface area contributed by atoms with Crippen LogP contribution in [0.5, 0.6) is 0 Å². The second kappa shape index (κ2) is 6.85. The fourth-order valence-electron chi connectivity index (χ4n) is 1.12. The number of allylic oxidation sites excluding steroid dienone is 2. The normalized spacial score (nSPS) is 12.1. The van der Waals surface area contributed by atoms with E-state index >= 15 is 0 Å². The molecule has 0 fully saturated rings. The minimum absolute atomic E-state index is 1.20. The average Bonchev–Trinajstić information content (AvgIpc) is 1.98. The molecule has 0 rings (SSSR count). The lowest BCUT2D eigenvalue weighted by Gasteiger charge is -2.01. The predicted molar refractivity (Wildman–Crippen MR) is 48.2 cm³/mol. The van der Waals surface area contributed by atoms with Gasteiger partial charge in [0.05, 0.1) is 0 Å². The van der Waals surface area contributed by atoms with E-state index in [0.29, 0.717) is 0 Å². The summed E-state index contributed by atoms with van der Waals surface area (Å²) in [5, 5.41) is 0. The second-order valence-corrected chi connectivity index (χ2v) is 2.73. The van der Waals surface area contributed by atoms with Crippen LogP contribution in [0.4, 0.5) is 0 Å². The highest BCUT2D eigenvalue weighted by atomic mass is 14.0. The minimum atomic E-state index is 1.20. The van der Waals surface area contributed by atoms with Crippen molar-refractivity contribution >= 4 is 0 Å². The first kappa shape index (κ1) is 9.74. The third-order valence-corrected chi connectivity index (χ3v) is 1.80. The molecule has 0 atom stereocenters.